The number of carbonyl (C=O) groups excluding carboxylic acids is 1. The van der Waals surface area contributed by atoms with Gasteiger partial charge in [-0.05, 0) is 73.6 Å². The highest BCUT2D eigenvalue weighted by molar-refractivity contribution is 5.83. The number of carbonyl (C=O) groups is 1. The summed E-state index contributed by atoms with van der Waals surface area (Å²) in [5.74, 6) is 1.15. The molecule has 0 N–H and O–H groups in total. The first-order valence-electron chi connectivity index (χ1n) is 11.0. The molecule has 1 aromatic rings. The van der Waals surface area contributed by atoms with Crippen LogP contribution in [-0.4, -0.2) is 43.7 Å². The summed E-state index contributed by atoms with van der Waals surface area (Å²) in [6, 6.07) is 8.35. The minimum Gasteiger partial charge on any atom is -0.489 e. The van der Waals surface area contributed by atoms with Crippen molar-refractivity contribution < 1.29 is 18.7 Å². The van der Waals surface area contributed by atoms with Gasteiger partial charge < -0.3 is 14.4 Å². The predicted molar refractivity (Wildman–Crippen MR) is 111 cm³/mol. The molecule has 0 unspecified atom stereocenters. The standard InChI is InChI=1S/C24H32FNO3/c1-2-19(17-25)18-29-21-5-3-20(4-6-21)23-7-10-24(11-8-23,12-9-23)22(27)26-13-15-28-16-14-26/h3-6,17H,2,7-16,18H2,1H3/b19-17+. The number of nitrogens with zero attached hydrogens (tertiary/aromatic N) is 1. The van der Waals surface area contributed by atoms with E-state index in [0.29, 0.717) is 44.1 Å². The van der Waals surface area contributed by atoms with E-state index in [1.807, 2.05) is 24.0 Å². The van der Waals surface area contributed by atoms with Crippen molar-refractivity contribution in [2.45, 2.75) is 57.3 Å². The Morgan fingerprint density at radius 2 is 1.72 bits per heavy atom. The van der Waals surface area contributed by atoms with Crippen LogP contribution in [0.25, 0.3) is 0 Å². The summed E-state index contributed by atoms with van der Waals surface area (Å²) in [4.78, 5) is 15.2. The molecule has 1 aromatic carbocycles. The fraction of sp³-hybridized carbons (Fsp3) is 0.625. The number of halogens is 1. The lowest BCUT2D eigenvalue weighted by Crippen LogP contribution is -2.54. The second-order valence-corrected chi connectivity index (χ2v) is 8.90. The van der Waals surface area contributed by atoms with Crippen molar-refractivity contribution in [2.75, 3.05) is 32.9 Å². The van der Waals surface area contributed by atoms with Crippen LogP contribution in [0, 0.1) is 5.41 Å². The summed E-state index contributed by atoms with van der Waals surface area (Å²) < 4.78 is 23.8. The highest BCUT2D eigenvalue weighted by atomic mass is 19.1. The fourth-order valence-electron chi connectivity index (χ4n) is 5.33. The summed E-state index contributed by atoms with van der Waals surface area (Å²) in [5.41, 5.74) is 2.07. The van der Waals surface area contributed by atoms with Gasteiger partial charge in [0.1, 0.15) is 12.4 Å². The monoisotopic (exact) mass is 401 g/mol. The zero-order valence-electron chi connectivity index (χ0n) is 17.4. The Balaban J connectivity index is 1.40. The second-order valence-electron chi connectivity index (χ2n) is 8.90. The van der Waals surface area contributed by atoms with Crippen molar-refractivity contribution >= 4 is 5.91 Å². The summed E-state index contributed by atoms with van der Waals surface area (Å²) in [7, 11) is 0. The van der Waals surface area contributed by atoms with Gasteiger partial charge in [0.2, 0.25) is 5.91 Å². The molecule has 0 atom stereocenters. The number of morpholine rings is 1. The first kappa shape index (κ1) is 20.4. The third-order valence-corrected chi connectivity index (χ3v) is 7.50. The van der Waals surface area contributed by atoms with E-state index >= 15 is 0 Å². The average Bonchev–Trinajstić information content (AvgIpc) is 2.81. The van der Waals surface area contributed by atoms with Crippen LogP contribution in [0.5, 0.6) is 5.75 Å². The van der Waals surface area contributed by atoms with Gasteiger partial charge in [-0.25, -0.2) is 4.39 Å². The molecular weight excluding hydrogens is 369 g/mol. The summed E-state index contributed by atoms with van der Waals surface area (Å²) in [5, 5.41) is 0. The molecule has 4 aliphatic rings. The van der Waals surface area contributed by atoms with Gasteiger partial charge in [0, 0.05) is 18.5 Å². The molecular formula is C24H32FNO3. The molecule has 1 saturated heterocycles. The van der Waals surface area contributed by atoms with Crippen molar-refractivity contribution in [2.24, 2.45) is 5.41 Å². The molecule has 1 heterocycles. The van der Waals surface area contributed by atoms with Crippen LogP contribution < -0.4 is 4.74 Å². The van der Waals surface area contributed by atoms with Crippen LogP contribution in [0.2, 0.25) is 0 Å². The number of fused-ring (bicyclic) bond motifs is 3. The van der Waals surface area contributed by atoms with E-state index in [0.717, 1.165) is 57.4 Å². The summed E-state index contributed by atoms with van der Waals surface area (Å²) in [6.07, 6.45) is 7.49. The van der Waals surface area contributed by atoms with Crippen molar-refractivity contribution in [1.82, 2.24) is 4.90 Å². The Labute approximate surface area is 173 Å². The van der Waals surface area contributed by atoms with Crippen molar-refractivity contribution in [1.29, 1.82) is 0 Å². The van der Waals surface area contributed by atoms with Crippen LogP contribution in [0.1, 0.15) is 57.4 Å². The molecule has 158 valence electrons. The molecule has 0 radical (unpaired) electrons. The van der Waals surface area contributed by atoms with Gasteiger partial charge in [-0.1, -0.05) is 19.1 Å². The van der Waals surface area contributed by atoms with Gasteiger partial charge in [0.15, 0.2) is 0 Å². The molecule has 0 aromatic heterocycles. The number of benzene rings is 1. The molecule has 1 amide bonds. The largest absolute Gasteiger partial charge is 0.489 e. The zero-order chi connectivity index (χ0) is 20.3. The lowest BCUT2D eigenvalue weighted by molar-refractivity contribution is -0.153. The molecule has 4 nitrogen and oxygen atoms in total. The van der Waals surface area contributed by atoms with Crippen LogP contribution in [0.3, 0.4) is 0 Å². The van der Waals surface area contributed by atoms with Gasteiger partial charge in [-0.15, -0.1) is 0 Å². The van der Waals surface area contributed by atoms with Gasteiger partial charge in [0.05, 0.1) is 19.5 Å². The molecule has 3 saturated carbocycles. The number of hydrogen-bond acceptors (Lipinski definition) is 3. The summed E-state index contributed by atoms with van der Waals surface area (Å²) in [6.45, 7) is 5.04. The van der Waals surface area contributed by atoms with E-state index in [4.69, 9.17) is 9.47 Å². The van der Waals surface area contributed by atoms with Gasteiger partial charge >= 0.3 is 0 Å². The lowest BCUT2D eigenvalue weighted by atomic mass is 9.51. The lowest BCUT2D eigenvalue weighted by Gasteiger charge is -2.54. The fourth-order valence-corrected chi connectivity index (χ4v) is 5.33. The maximum absolute atomic E-state index is 13.2. The Hall–Kier alpha value is -1.88. The SMILES string of the molecule is CC/C(=C\F)COc1ccc(C23CCC(C(=O)N4CCOCC4)(CC2)CC3)cc1. The molecule has 29 heavy (non-hydrogen) atoms. The first-order valence-corrected chi connectivity index (χ1v) is 11.0. The second kappa shape index (κ2) is 8.47. The summed E-state index contributed by atoms with van der Waals surface area (Å²) >= 11 is 0. The third kappa shape index (κ3) is 3.94. The minimum absolute atomic E-state index is 0.141. The van der Waals surface area contributed by atoms with Crippen LogP contribution in [0.15, 0.2) is 36.2 Å². The molecule has 4 fully saturated rings. The van der Waals surface area contributed by atoms with Gasteiger partial charge in [-0.2, -0.15) is 0 Å². The molecule has 2 bridgehead atoms. The Morgan fingerprint density at radius 1 is 1.10 bits per heavy atom. The normalized spacial score (nSPS) is 29.7. The van der Waals surface area contributed by atoms with E-state index in [-0.39, 0.29) is 10.8 Å². The Kier molecular flexibility index (Phi) is 5.95. The number of rotatable bonds is 6. The predicted octanol–water partition coefficient (Wildman–Crippen LogP) is 4.78. The van der Waals surface area contributed by atoms with Crippen LogP contribution in [0.4, 0.5) is 4.39 Å². The third-order valence-electron chi connectivity index (χ3n) is 7.50. The molecule has 0 spiro atoms. The average molecular weight is 402 g/mol. The van der Waals surface area contributed by atoms with Crippen LogP contribution >= 0.6 is 0 Å². The zero-order valence-corrected chi connectivity index (χ0v) is 17.4. The highest BCUT2D eigenvalue weighted by Gasteiger charge is 2.53. The maximum Gasteiger partial charge on any atom is 0.228 e. The highest BCUT2D eigenvalue weighted by Crippen LogP contribution is 2.58. The Bertz CT molecular complexity index is 727. The van der Waals surface area contributed by atoms with E-state index in [9.17, 15) is 9.18 Å². The quantitative estimate of drug-likeness (QED) is 0.689. The number of ether oxygens (including phenoxy) is 2. The maximum atomic E-state index is 13.2. The van der Waals surface area contributed by atoms with Gasteiger partial charge in [0.25, 0.3) is 0 Å². The van der Waals surface area contributed by atoms with Crippen molar-refractivity contribution in [3.8, 4) is 5.75 Å². The van der Waals surface area contributed by atoms with Crippen LogP contribution in [-0.2, 0) is 14.9 Å². The van der Waals surface area contributed by atoms with E-state index < -0.39 is 0 Å². The molecule has 5 rings (SSSR count). The topological polar surface area (TPSA) is 38.8 Å². The smallest absolute Gasteiger partial charge is 0.228 e. The molecule has 3 aliphatic carbocycles. The van der Waals surface area contributed by atoms with E-state index in [2.05, 4.69) is 12.1 Å². The van der Waals surface area contributed by atoms with Crippen molar-refractivity contribution in [3.05, 3.63) is 41.7 Å². The molecule has 5 heteroatoms. The number of hydrogen-bond donors (Lipinski definition) is 0. The minimum atomic E-state index is -0.141. The van der Waals surface area contributed by atoms with E-state index in [1.165, 1.54) is 5.56 Å². The number of amides is 1. The van der Waals surface area contributed by atoms with Crippen molar-refractivity contribution in [3.63, 3.8) is 0 Å². The van der Waals surface area contributed by atoms with Gasteiger partial charge in [-0.3, -0.25) is 4.79 Å². The first-order chi connectivity index (χ1) is 14.1. The van der Waals surface area contributed by atoms with E-state index in [1.54, 1.807) is 0 Å². The molecule has 1 aliphatic heterocycles. The Morgan fingerprint density at radius 3 is 2.28 bits per heavy atom.